The van der Waals surface area contributed by atoms with Gasteiger partial charge in [-0.25, -0.2) is 8.42 Å². The second kappa shape index (κ2) is 6.22. The minimum absolute atomic E-state index is 0.0786. The van der Waals surface area contributed by atoms with Crippen molar-refractivity contribution in [2.75, 3.05) is 23.0 Å². The van der Waals surface area contributed by atoms with Gasteiger partial charge in [-0.2, -0.15) is 0 Å². The fourth-order valence-electron chi connectivity index (χ4n) is 2.36. The molecule has 0 radical (unpaired) electrons. The number of benzene rings is 1. The molecule has 1 aliphatic rings. The Labute approximate surface area is 120 Å². The molecule has 2 rings (SSSR count). The Kier molecular flexibility index (Phi) is 4.60. The number of para-hydroxylation sites is 1. The number of sulfone groups is 1. The van der Waals surface area contributed by atoms with Gasteiger partial charge in [-0.05, 0) is 31.4 Å². The molecular formula is C15H19NO3S. The molecule has 20 heavy (non-hydrogen) atoms. The van der Waals surface area contributed by atoms with Crippen LogP contribution in [0.15, 0.2) is 36.4 Å². The van der Waals surface area contributed by atoms with Crippen LogP contribution in [0.2, 0.25) is 0 Å². The molecule has 1 aromatic carbocycles. The van der Waals surface area contributed by atoms with Crippen molar-refractivity contribution in [1.29, 1.82) is 0 Å². The van der Waals surface area contributed by atoms with Gasteiger partial charge in [0.25, 0.3) is 0 Å². The van der Waals surface area contributed by atoms with Crippen LogP contribution >= 0.6 is 0 Å². The lowest BCUT2D eigenvalue weighted by Gasteiger charge is -2.29. The number of fused-ring (bicyclic) bond motifs is 1. The molecule has 0 fully saturated rings. The summed E-state index contributed by atoms with van der Waals surface area (Å²) in [5.74, 6) is -0.835. The Hall–Kier alpha value is -1.62. The van der Waals surface area contributed by atoms with Gasteiger partial charge < -0.3 is 4.90 Å². The third-order valence-electron chi connectivity index (χ3n) is 3.34. The van der Waals surface area contributed by atoms with Gasteiger partial charge in [-0.1, -0.05) is 30.4 Å². The van der Waals surface area contributed by atoms with Crippen molar-refractivity contribution >= 4 is 21.4 Å². The van der Waals surface area contributed by atoms with Crippen LogP contribution in [-0.4, -0.2) is 32.4 Å². The van der Waals surface area contributed by atoms with Crippen molar-refractivity contribution in [3.8, 4) is 0 Å². The van der Waals surface area contributed by atoms with Crippen LogP contribution in [0.4, 0.5) is 5.69 Å². The number of carbonyl (C=O) groups is 1. The van der Waals surface area contributed by atoms with Gasteiger partial charge in [-0.3, -0.25) is 4.79 Å². The monoisotopic (exact) mass is 293 g/mol. The maximum atomic E-state index is 12.3. The second-order valence-corrected chi connectivity index (χ2v) is 7.01. The maximum absolute atomic E-state index is 12.3. The zero-order valence-electron chi connectivity index (χ0n) is 11.6. The van der Waals surface area contributed by atoms with Crippen molar-refractivity contribution in [3.63, 3.8) is 0 Å². The minimum atomic E-state index is -3.37. The van der Waals surface area contributed by atoms with Crippen molar-refractivity contribution in [3.05, 3.63) is 42.0 Å². The summed E-state index contributed by atoms with van der Waals surface area (Å²) in [5.41, 5.74) is 1.96. The first-order valence-corrected chi connectivity index (χ1v) is 8.55. The Balaban J connectivity index is 2.15. The molecule has 1 amide bonds. The van der Waals surface area contributed by atoms with E-state index in [1.54, 1.807) is 24.0 Å². The molecule has 0 N–H and O–H groups in total. The number of allylic oxidation sites excluding steroid dienone is 1. The van der Waals surface area contributed by atoms with E-state index >= 15 is 0 Å². The average Bonchev–Trinajstić information content (AvgIpc) is 2.44. The van der Waals surface area contributed by atoms with Crippen LogP contribution in [0, 0.1) is 0 Å². The third-order valence-corrected chi connectivity index (χ3v) is 4.73. The number of amides is 1. The summed E-state index contributed by atoms with van der Waals surface area (Å²) in [6.45, 7) is 2.35. The number of nitrogens with zero attached hydrogens (tertiary/aromatic N) is 1. The fourth-order valence-corrected chi connectivity index (χ4v) is 3.50. The van der Waals surface area contributed by atoms with E-state index in [-0.39, 0.29) is 11.7 Å². The van der Waals surface area contributed by atoms with Gasteiger partial charge in [0, 0.05) is 12.2 Å². The van der Waals surface area contributed by atoms with Crippen LogP contribution < -0.4 is 4.90 Å². The Morgan fingerprint density at radius 3 is 2.85 bits per heavy atom. The summed E-state index contributed by atoms with van der Waals surface area (Å²) in [7, 11) is -3.37. The van der Waals surface area contributed by atoms with Crippen LogP contribution in [0.25, 0.3) is 0 Å². The normalized spacial score (nSPS) is 15.3. The van der Waals surface area contributed by atoms with Gasteiger partial charge in [0.2, 0.25) is 5.91 Å². The molecule has 108 valence electrons. The molecule has 0 aliphatic carbocycles. The van der Waals surface area contributed by atoms with Gasteiger partial charge >= 0.3 is 0 Å². The number of hydrogen-bond acceptors (Lipinski definition) is 3. The van der Waals surface area contributed by atoms with Crippen molar-refractivity contribution in [2.45, 2.75) is 19.8 Å². The smallest absolute Gasteiger partial charge is 0.242 e. The van der Waals surface area contributed by atoms with E-state index in [1.807, 2.05) is 24.3 Å². The average molecular weight is 293 g/mol. The third kappa shape index (κ3) is 3.48. The van der Waals surface area contributed by atoms with Crippen molar-refractivity contribution in [1.82, 2.24) is 0 Å². The summed E-state index contributed by atoms with van der Waals surface area (Å²) in [5, 5.41) is 0. The number of aryl methyl sites for hydroxylation is 1. The summed E-state index contributed by atoms with van der Waals surface area (Å²) in [6.07, 6.45) is 5.05. The zero-order valence-corrected chi connectivity index (χ0v) is 12.4. The van der Waals surface area contributed by atoms with Crippen LogP contribution in [0.1, 0.15) is 18.9 Å². The predicted octanol–water partition coefficient (Wildman–Crippen LogP) is 1.96. The molecule has 0 saturated heterocycles. The highest BCUT2D eigenvalue weighted by Gasteiger charge is 2.25. The largest absolute Gasteiger partial charge is 0.311 e. The number of rotatable bonds is 4. The number of carbonyl (C=O) groups excluding carboxylic acids is 1. The van der Waals surface area contributed by atoms with E-state index in [0.29, 0.717) is 6.54 Å². The summed E-state index contributed by atoms with van der Waals surface area (Å²) in [4.78, 5) is 13.9. The van der Waals surface area contributed by atoms with E-state index in [9.17, 15) is 13.2 Å². The molecule has 0 saturated carbocycles. The first kappa shape index (κ1) is 14.8. The van der Waals surface area contributed by atoms with Gasteiger partial charge in [0.1, 0.15) is 5.75 Å². The first-order valence-electron chi connectivity index (χ1n) is 6.73. The van der Waals surface area contributed by atoms with E-state index in [0.717, 1.165) is 24.1 Å². The van der Waals surface area contributed by atoms with E-state index < -0.39 is 15.6 Å². The molecule has 5 heteroatoms. The highest BCUT2D eigenvalue weighted by atomic mass is 32.2. The molecule has 0 unspecified atom stereocenters. The highest BCUT2D eigenvalue weighted by Crippen LogP contribution is 2.26. The maximum Gasteiger partial charge on any atom is 0.242 e. The van der Waals surface area contributed by atoms with Gasteiger partial charge in [-0.15, -0.1) is 0 Å². The molecule has 4 nitrogen and oxygen atoms in total. The standard InChI is InChI=1S/C15H19NO3S/c1-2-3-11-20(18,19)12-15(17)16-10-6-8-13-7-4-5-9-14(13)16/h2-5,7,9H,6,8,10-12H2,1H3/b3-2-. The van der Waals surface area contributed by atoms with Crippen LogP contribution in [0.5, 0.6) is 0 Å². The number of hydrogen-bond donors (Lipinski definition) is 0. The lowest BCUT2D eigenvalue weighted by Crippen LogP contribution is -2.39. The van der Waals surface area contributed by atoms with E-state index in [4.69, 9.17) is 0 Å². The van der Waals surface area contributed by atoms with E-state index in [1.165, 1.54) is 0 Å². The van der Waals surface area contributed by atoms with Crippen LogP contribution in [-0.2, 0) is 21.1 Å². The van der Waals surface area contributed by atoms with Crippen molar-refractivity contribution in [2.24, 2.45) is 0 Å². The Morgan fingerprint density at radius 1 is 1.35 bits per heavy atom. The Morgan fingerprint density at radius 2 is 2.10 bits per heavy atom. The van der Waals surface area contributed by atoms with Crippen molar-refractivity contribution < 1.29 is 13.2 Å². The topological polar surface area (TPSA) is 54.5 Å². The van der Waals surface area contributed by atoms with Crippen LogP contribution in [0.3, 0.4) is 0 Å². The molecule has 0 bridgehead atoms. The quantitative estimate of drug-likeness (QED) is 0.797. The molecule has 0 aromatic heterocycles. The molecule has 1 aromatic rings. The zero-order chi connectivity index (χ0) is 14.6. The van der Waals surface area contributed by atoms with E-state index in [2.05, 4.69) is 0 Å². The number of anilines is 1. The molecule has 1 heterocycles. The summed E-state index contributed by atoms with van der Waals surface area (Å²) >= 11 is 0. The lowest BCUT2D eigenvalue weighted by atomic mass is 10.0. The minimum Gasteiger partial charge on any atom is -0.311 e. The SMILES string of the molecule is C/C=C\CS(=O)(=O)CC(=O)N1CCCc2ccccc21. The molecule has 1 aliphatic heterocycles. The lowest BCUT2D eigenvalue weighted by molar-refractivity contribution is -0.116. The molecule has 0 spiro atoms. The highest BCUT2D eigenvalue weighted by molar-refractivity contribution is 7.92. The second-order valence-electron chi connectivity index (χ2n) is 4.90. The molecular weight excluding hydrogens is 274 g/mol. The van der Waals surface area contributed by atoms with Gasteiger partial charge in [0.05, 0.1) is 5.75 Å². The molecule has 0 atom stereocenters. The predicted molar refractivity (Wildman–Crippen MR) is 80.6 cm³/mol. The fraction of sp³-hybridized carbons (Fsp3) is 0.400. The summed E-state index contributed by atoms with van der Waals surface area (Å²) < 4.78 is 23.7. The first-order chi connectivity index (χ1) is 9.53. The van der Waals surface area contributed by atoms with Gasteiger partial charge in [0.15, 0.2) is 9.84 Å². The summed E-state index contributed by atoms with van der Waals surface area (Å²) in [6, 6.07) is 7.68. The Bertz CT molecular complexity index is 620.